The van der Waals surface area contributed by atoms with E-state index < -0.39 is 12.2 Å². The van der Waals surface area contributed by atoms with Crippen LogP contribution in [-0.4, -0.2) is 74.3 Å². The zero-order chi connectivity index (χ0) is 33.6. The Morgan fingerprint density at radius 2 is 1.79 bits per heavy atom. The van der Waals surface area contributed by atoms with Crippen LogP contribution in [0.4, 0.5) is 17.7 Å². The first-order valence-electron chi connectivity index (χ1n) is 16.2. The lowest BCUT2D eigenvalue weighted by Crippen LogP contribution is -2.33. The summed E-state index contributed by atoms with van der Waals surface area (Å²) in [6.07, 6.45) is 12.2. The van der Waals surface area contributed by atoms with Crippen molar-refractivity contribution in [3.63, 3.8) is 0 Å². The lowest BCUT2D eigenvalue weighted by atomic mass is 10.0. The molecule has 0 spiro atoms. The van der Waals surface area contributed by atoms with E-state index in [1.165, 1.54) is 19.3 Å². The number of nitrogens with zero attached hydrogens (tertiary/aromatic N) is 7. The van der Waals surface area contributed by atoms with Crippen molar-refractivity contribution in [2.24, 2.45) is 0 Å². The number of Topliss-reactive ketones (excluding diaryl/α,β-unsaturated/α-hetero) is 1. The maximum Gasteiger partial charge on any atom is 0.278 e. The Hall–Kier alpha value is -5.02. The second-order valence-electron chi connectivity index (χ2n) is 12.0. The molecule has 2 aliphatic rings. The molecule has 1 amide bonds. The standard InChI is InChI=1S/C33H39N9O6/c1-20-25-19-35-32(39-29(25)42(23-8-4-5-9-23)31(45)28(20)21(2)43)38-26-12-11-24(18-34-26)46-15-13-41(3)33-36-16-22(17-37-33)30(44)40-48-27-10-6-7-14-47-27/h11-12,16-19,23,27H,4-10,13-15H2,1-3H3,(H,40,44)(H,34,35,38,39). The van der Waals surface area contributed by atoms with Gasteiger partial charge in [0.25, 0.3) is 11.5 Å². The summed E-state index contributed by atoms with van der Waals surface area (Å²) in [5, 5.41) is 3.79. The van der Waals surface area contributed by atoms with Crippen LogP contribution in [0.25, 0.3) is 11.0 Å². The molecule has 4 aromatic heterocycles. The van der Waals surface area contributed by atoms with E-state index in [0.717, 1.165) is 44.9 Å². The Morgan fingerprint density at radius 3 is 2.48 bits per heavy atom. The van der Waals surface area contributed by atoms with E-state index in [4.69, 9.17) is 19.3 Å². The second-order valence-corrected chi connectivity index (χ2v) is 12.0. The number of carbonyl (C=O) groups excluding carboxylic acids is 2. The third-order valence-corrected chi connectivity index (χ3v) is 8.58. The summed E-state index contributed by atoms with van der Waals surface area (Å²) in [4.78, 5) is 67.5. The Labute approximate surface area is 277 Å². The second kappa shape index (κ2) is 14.8. The van der Waals surface area contributed by atoms with E-state index in [9.17, 15) is 14.4 Å². The molecule has 4 aromatic rings. The molecular weight excluding hydrogens is 618 g/mol. The third kappa shape index (κ3) is 7.42. The minimum atomic E-state index is -0.443. The van der Waals surface area contributed by atoms with Crippen LogP contribution in [0.1, 0.15) is 84.2 Å². The smallest absolute Gasteiger partial charge is 0.278 e. The average molecular weight is 658 g/mol. The molecule has 5 heterocycles. The molecule has 1 saturated heterocycles. The fourth-order valence-corrected chi connectivity index (χ4v) is 5.98. The number of anilines is 3. The molecule has 2 N–H and O–H groups in total. The normalized spacial score (nSPS) is 16.5. The van der Waals surface area contributed by atoms with Gasteiger partial charge in [0, 0.05) is 50.1 Å². The van der Waals surface area contributed by atoms with Gasteiger partial charge in [0.05, 0.1) is 23.9 Å². The van der Waals surface area contributed by atoms with Gasteiger partial charge in [-0.15, -0.1) is 0 Å². The van der Waals surface area contributed by atoms with Crippen molar-refractivity contribution in [1.29, 1.82) is 0 Å². The Bertz CT molecular complexity index is 1820. The summed E-state index contributed by atoms with van der Waals surface area (Å²) in [7, 11) is 1.82. The largest absolute Gasteiger partial charge is 0.490 e. The number of nitrogens with one attached hydrogen (secondary N) is 2. The first-order valence-corrected chi connectivity index (χ1v) is 16.2. The molecule has 252 valence electrons. The van der Waals surface area contributed by atoms with Gasteiger partial charge < -0.3 is 19.7 Å². The van der Waals surface area contributed by atoms with Gasteiger partial charge >= 0.3 is 0 Å². The summed E-state index contributed by atoms with van der Waals surface area (Å²) >= 11 is 0. The van der Waals surface area contributed by atoms with Crippen molar-refractivity contribution >= 4 is 40.4 Å². The molecule has 48 heavy (non-hydrogen) atoms. The van der Waals surface area contributed by atoms with Gasteiger partial charge in [-0.25, -0.2) is 30.3 Å². The first kappa shape index (κ1) is 32.9. The van der Waals surface area contributed by atoms with E-state index >= 15 is 0 Å². The number of ether oxygens (including phenoxy) is 2. The number of amides is 1. The maximum absolute atomic E-state index is 13.5. The Balaban J connectivity index is 1.04. The van der Waals surface area contributed by atoms with E-state index in [0.29, 0.717) is 59.8 Å². The maximum atomic E-state index is 13.5. The number of fused-ring (bicyclic) bond motifs is 1. The summed E-state index contributed by atoms with van der Waals surface area (Å²) in [6.45, 7) is 4.62. The number of hydroxylamine groups is 1. The molecule has 1 aliphatic heterocycles. The fourth-order valence-electron chi connectivity index (χ4n) is 5.98. The highest BCUT2D eigenvalue weighted by atomic mass is 16.8. The SMILES string of the molecule is CC(=O)c1c(C)c2cnc(Nc3ccc(OCCN(C)c4ncc(C(=O)NOC5CCCCO5)cn4)cn3)nc2n(C2CCCC2)c1=O. The third-order valence-electron chi connectivity index (χ3n) is 8.58. The minimum absolute atomic E-state index is 0.00538. The number of ketones is 1. The highest BCUT2D eigenvalue weighted by Crippen LogP contribution is 2.32. The number of aromatic nitrogens is 6. The van der Waals surface area contributed by atoms with Crippen molar-refractivity contribution in [3.8, 4) is 5.75 Å². The van der Waals surface area contributed by atoms with Gasteiger partial charge in [0.15, 0.2) is 12.1 Å². The van der Waals surface area contributed by atoms with Crippen molar-refractivity contribution < 1.29 is 23.9 Å². The predicted octanol–water partition coefficient (Wildman–Crippen LogP) is 4.05. The molecular formula is C33H39N9O6. The van der Waals surface area contributed by atoms with Crippen molar-refractivity contribution in [3.05, 3.63) is 64.0 Å². The van der Waals surface area contributed by atoms with Gasteiger partial charge in [0.2, 0.25) is 11.9 Å². The van der Waals surface area contributed by atoms with Crippen LogP contribution >= 0.6 is 0 Å². The van der Waals surface area contributed by atoms with Gasteiger partial charge in [-0.3, -0.25) is 19.0 Å². The number of hydrogen-bond donors (Lipinski definition) is 2. The molecule has 1 unspecified atom stereocenters. The van der Waals surface area contributed by atoms with Crippen LogP contribution in [0.3, 0.4) is 0 Å². The number of likely N-dealkylation sites (N-methyl/N-ethyl adjacent to an activating group) is 1. The van der Waals surface area contributed by atoms with Gasteiger partial charge in [0.1, 0.15) is 23.8 Å². The minimum Gasteiger partial charge on any atom is -0.490 e. The van der Waals surface area contributed by atoms with Crippen molar-refractivity contribution in [2.75, 3.05) is 37.0 Å². The van der Waals surface area contributed by atoms with Crippen LogP contribution < -0.4 is 26.0 Å². The molecule has 1 atom stereocenters. The van der Waals surface area contributed by atoms with Crippen LogP contribution in [-0.2, 0) is 9.57 Å². The molecule has 1 aliphatic carbocycles. The number of rotatable bonds is 12. The fraction of sp³-hybridized carbons (Fsp3) is 0.455. The van der Waals surface area contributed by atoms with E-state index in [-0.39, 0.29) is 28.5 Å². The molecule has 0 radical (unpaired) electrons. The summed E-state index contributed by atoms with van der Waals surface area (Å²) < 4.78 is 13.0. The average Bonchev–Trinajstić information content (AvgIpc) is 3.63. The molecule has 6 rings (SSSR count). The van der Waals surface area contributed by atoms with Gasteiger partial charge in [-0.2, -0.15) is 4.98 Å². The highest BCUT2D eigenvalue weighted by Gasteiger charge is 2.26. The van der Waals surface area contributed by atoms with Gasteiger partial charge in [-0.05, 0) is 57.2 Å². The van der Waals surface area contributed by atoms with E-state index in [1.54, 1.807) is 40.9 Å². The molecule has 15 nitrogen and oxygen atoms in total. The zero-order valence-corrected chi connectivity index (χ0v) is 27.3. The quantitative estimate of drug-likeness (QED) is 0.165. The monoisotopic (exact) mass is 657 g/mol. The molecule has 1 saturated carbocycles. The number of hydrogen-bond acceptors (Lipinski definition) is 13. The molecule has 0 bridgehead atoms. The van der Waals surface area contributed by atoms with Crippen LogP contribution in [0.2, 0.25) is 0 Å². The number of pyridine rings is 2. The summed E-state index contributed by atoms with van der Waals surface area (Å²) in [5.41, 5.74) is 3.68. The Kier molecular flexibility index (Phi) is 10.2. The van der Waals surface area contributed by atoms with Gasteiger partial charge in [-0.1, -0.05) is 12.8 Å². The predicted molar refractivity (Wildman–Crippen MR) is 177 cm³/mol. The topological polar surface area (TPSA) is 176 Å². The lowest BCUT2D eigenvalue weighted by Gasteiger charge is -2.22. The van der Waals surface area contributed by atoms with Crippen LogP contribution in [0.15, 0.2) is 41.7 Å². The molecule has 2 fully saturated rings. The van der Waals surface area contributed by atoms with E-state index in [2.05, 4.69) is 30.7 Å². The lowest BCUT2D eigenvalue weighted by molar-refractivity contribution is -0.186. The first-order chi connectivity index (χ1) is 23.3. The van der Waals surface area contributed by atoms with E-state index in [1.807, 2.05) is 7.05 Å². The zero-order valence-electron chi connectivity index (χ0n) is 27.3. The molecule has 15 heteroatoms. The van der Waals surface area contributed by atoms with Crippen molar-refractivity contribution in [1.82, 2.24) is 35.0 Å². The highest BCUT2D eigenvalue weighted by molar-refractivity contribution is 5.99. The van der Waals surface area contributed by atoms with Crippen molar-refractivity contribution in [2.45, 2.75) is 71.1 Å². The number of carbonyl (C=O) groups is 2. The molecule has 0 aromatic carbocycles. The summed E-state index contributed by atoms with van der Waals surface area (Å²) in [5.74, 6) is 1.09. The van der Waals surface area contributed by atoms with Crippen LogP contribution in [0, 0.1) is 6.92 Å². The van der Waals surface area contributed by atoms with Crippen LogP contribution in [0.5, 0.6) is 5.75 Å². The Morgan fingerprint density at radius 1 is 1.02 bits per heavy atom. The number of aryl methyl sites for hydroxylation is 1. The summed E-state index contributed by atoms with van der Waals surface area (Å²) in [6, 6.07) is 3.52.